The van der Waals surface area contributed by atoms with Crippen LogP contribution >= 0.6 is 0 Å². The summed E-state index contributed by atoms with van der Waals surface area (Å²) in [5.74, 6) is 0. The van der Waals surface area contributed by atoms with E-state index in [2.05, 4.69) is 18.1 Å². The van der Waals surface area contributed by atoms with Gasteiger partial charge in [-0.05, 0) is 32.4 Å². The first-order valence-electron chi connectivity index (χ1n) is 7.50. The Labute approximate surface area is 126 Å². The lowest BCUT2D eigenvalue weighted by molar-refractivity contribution is 0.0987. The highest BCUT2D eigenvalue weighted by molar-refractivity contribution is 5.30. The molecule has 1 aromatic carbocycles. The first-order chi connectivity index (χ1) is 10.0. The van der Waals surface area contributed by atoms with E-state index >= 15 is 0 Å². The maximum Gasteiger partial charge on any atom is 0.0624 e. The van der Waals surface area contributed by atoms with E-state index in [9.17, 15) is 5.11 Å². The molecule has 0 saturated heterocycles. The van der Waals surface area contributed by atoms with Gasteiger partial charge in [-0.3, -0.25) is 4.68 Å². The van der Waals surface area contributed by atoms with Crippen LogP contribution in [0.1, 0.15) is 30.8 Å². The number of aliphatic hydroxyl groups is 1. The predicted molar refractivity (Wildman–Crippen MR) is 85.2 cm³/mol. The molecule has 1 heterocycles. The summed E-state index contributed by atoms with van der Waals surface area (Å²) in [5, 5.41) is 14.9. The van der Waals surface area contributed by atoms with Gasteiger partial charge in [0.25, 0.3) is 0 Å². The Morgan fingerprint density at radius 1 is 1.33 bits per heavy atom. The largest absolute Gasteiger partial charge is 0.392 e. The first-order valence-corrected chi connectivity index (χ1v) is 7.50. The molecule has 114 valence electrons. The monoisotopic (exact) mass is 287 g/mol. The van der Waals surface area contributed by atoms with Crippen molar-refractivity contribution < 1.29 is 5.11 Å². The van der Waals surface area contributed by atoms with Crippen LogP contribution in [-0.4, -0.2) is 27.5 Å². The zero-order valence-electron chi connectivity index (χ0n) is 13.1. The third kappa shape index (κ3) is 3.01. The maximum atomic E-state index is 10.4. The van der Waals surface area contributed by atoms with Crippen LogP contribution < -0.4 is 5.73 Å². The van der Waals surface area contributed by atoms with E-state index < -0.39 is 11.5 Å². The van der Waals surface area contributed by atoms with Crippen LogP contribution in [0.5, 0.6) is 0 Å². The van der Waals surface area contributed by atoms with Crippen LogP contribution in [0.15, 0.2) is 36.4 Å². The summed E-state index contributed by atoms with van der Waals surface area (Å²) >= 11 is 0. The number of hydrogen-bond donors (Lipinski definition) is 2. The second-order valence-electron chi connectivity index (χ2n) is 5.67. The molecule has 2 rings (SSSR count). The summed E-state index contributed by atoms with van der Waals surface area (Å²) < 4.78 is 1.99. The Balaban J connectivity index is 2.46. The van der Waals surface area contributed by atoms with E-state index in [4.69, 9.17) is 5.73 Å². The average molecular weight is 287 g/mol. The fraction of sp³-hybridized carbons (Fsp3) is 0.471. The van der Waals surface area contributed by atoms with Crippen LogP contribution in [0, 0.1) is 6.92 Å². The van der Waals surface area contributed by atoms with Crippen LogP contribution in [0.25, 0.3) is 0 Å². The van der Waals surface area contributed by atoms with Gasteiger partial charge in [0.1, 0.15) is 0 Å². The molecule has 2 atom stereocenters. The Bertz CT molecular complexity index is 577. The quantitative estimate of drug-likeness (QED) is 0.854. The summed E-state index contributed by atoms with van der Waals surface area (Å²) in [6, 6.07) is 12.1. The van der Waals surface area contributed by atoms with E-state index in [1.807, 2.05) is 48.9 Å². The third-order valence-corrected chi connectivity index (χ3v) is 4.29. The molecule has 2 unspecified atom stereocenters. The lowest BCUT2D eigenvalue weighted by Crippen LogP contribution is -2.46. The molecule has 3 N–H and O–H groups in total. The Morgan fingerprint density at radius 2 is 2.00 bits per heavy atom. The van der Waals surface area contributed by atoms with Gasteiger partial charge in [-0.2, -0.15) is 5.10 Å². The standard InChI is InChI=1S/C17H25N3O/c1-4-20-16(10-13(2)19-20)11-17(12-18,14(3)21)15-8-6-5-7-9-15/h5-10,14,21H,4,11-12,18H2,1-3H3. The van der Waals surface area contributed by atoms with Crippen molar-refractivity contribution in [3.05, 3.63) is 53.3 Å². The number of aliphatic hydroxyl groups excluding tert-OH is 1. The van der Waals surface area contributed by atoms with Gasteiger partial charge < -0.3 is 10.8 Å². The fourth-order valence-electron chi connectivity index (χ4n) is 2.96. The minimum atomic E-state index is -0.537. The molecule has 0 fully saturated rings. The molecule has 0 bridgehead atoms. The van der Waals surface area contributed by atoms with Crippen molar-refractivity contribution in [2.75, 3.05) is 6.54 Å². The summed E-state index contributed by atoms with van der Waals surface area (Å²) in [7, 11) is 0. The van der Waals surface area contributed by atoms with Gasteiger partial charge in [-0.25, -0.2) is 0 Å². The topological polar surface area (TPSA) is 64.1 Å². The number of benzene rings is 1. The van der Waals surface area contributed by atoms with E-state index in [0.29, 0.717) is 13.0 Å². The zero-order chi connectivity index (χ0) is 15.5. The van der Waals surface area contributed by atoms with E-state index in [1.165, 1.54) is 0 Å². The third-order valence-electron chi connectivity index (χ3n) is 4.29. The van der Waals surface area contributed by atoms with E-state index in [0.717, 1.165) is 23.5 Å². The van der Waals surface area contributed by atoms with Crippen LogP contribution in [0.3, 0.4) is 0 Å². The van der Waals surface area contributed by atoms with Crippen LogP contribution in [0.4, 0.5) is 0 Å². The van der Waals surface area contributed by atoms with Gasteiger partial charge in [0, 0.05) is 30.6 Å². The minimum Gasteiger partial charge on any atom is -0.392 e. The Hall–Kier alpha value is -1.65. The number of nitrogens with two attached hydrogens (primary N) is 1. The molecule has 4 nitrogen and oxygen atoms in total. The smallest absolute Gasteiger partial charge is 0.0624 e. The summed E-state index contributed by atoms with van der Waals surface area (Å²) in [5.41, 5.74) is 8.80. The molecule has 0 saturated carbocycles. The molecule has 0 spiro atoms. The van der Waals surface area contributed by atoms with Crippen molar-refractivity contribution in [2.45, 2.75) is 45.3 Å². The van der Waals surface area contributed by atoms with Gasteiger partial charge in [-0.15, -0.1) is 0 Å². The lowest BCUT2D eigenvalue weighted by Gasteiger charge is -2.36. The van der Waals surface area contributed by atoms with E-state index in [1.54, 1.807) is 0 Å². The number of rotatable bonds is 6. The van der Waals surface area contributed by atoms with Gasteiger partial charge in [-0.1, -0.05) is 30.3 Å². The van der Waals surface area contributed by atoms with Gasteiger partial charge in [0.2, 0.25) is 0 Å². The van der Waals surface area contributed by atoms with E-state index in [-0.39, 0.29) is 0 Å². The van der Waals surface area contributed by atoms with Crippen molar-refractivity contribution in [1.29, 1.82) is 0 Å². The van der Waals surface area contributed by atoms with Crippen molar-refractivity contribution in [1.82, 2.24) is 9.78 Å². The second-order valence-corrected chi connectivity index (χ2v) is 5.67. The van der Waals surface area contributed by atoms with Gasteiger partial charge >= 0.3 is 0 Å². The highest BCUT2D eigenvalue weighted by Crippen LogP contribution is 2.31. The van der Waals surface area contributed by atoms with Crippen LogP contribution in [-0.2, 0) is 18.4 Å². The zero-order valence-corrected chi connectivity index (χ0v) is 13.1. The number of aryl methyl sites for hydroxylation is 2. The SMILES string of the molecule is CCn1nc(C)cc1CC(CN)(c1ccccc1)C(C)O. The number of hydrogen-bond acceptors (Lipinski definition) is 3. The molecule has 0 aliphatic rings. The number of aromatic nitrogens is 2. The van der Waals surface area contributed by atoms with Gasteiger partial charge in [0.05, 0.1) is 11.8 Å². The van der Waals surface area contributed by atoms with Crippen molar-refractivity contribution >= 4 is 0 Å². The molecule has 4 heteroatoms. The highest BCUT2D eigenvalue weighted by atomic mass is 16.3. The van der Waals surface area contributed by atoms with Gasteiger partial charge in [0.15, 0.2) is 0 Å². The maximum absolute atomic E-state index is 10.4. The minimum absolute atomic E-state index is 0.391. The normalized spacial score (nSPS) is 15.7. The first kappa shape index (κ1) is 15.7. The summed E-state index contributed by atoms with van der Waals surface area (Å²) in [4.78, 5) is 0. The van der Waals surface area contributed by atoms with Crippen molar-refractivity contribution in [3.8, 4) is 0 Å². The fourth-order valence-corrected chi connectivity index (χ4v) is 2.96. The molecule has 0 amide bonds. The summed E-state index contributed by atoms with van der Waals surface area (Å²) in [6.45, 7) is 7.09. The molecule has 0 aliphatic carbocycles. The predicted octanol–water partition coefficient (Wildman–Crippen LogP) is 2.03. The van der Waals surface area contributed by atoms with Crippen molar-refractivity contribution in [3.63, 3.8) is 0 Å². The Morgan fingerprint density at radius 3 is 2.52 bits per heavy atom. The molecule has 0 radical (unpaired) electrons. The molecule has 1 aromatic heterocycles. The summed E-state index contributed by atoms with van der Waals surface area (Å²) in [6.07, 6.45) is 0.144. The molecular formula is C17H25N3O. The molecule has 2 aromatic rings. The van der Waals surface area contributed by atoms with Crippen LogP contribution in [0.2, 0.25) is 0 Å². The lowest BCUT2D eigenvalue weighted by atomic mass is 9.72. The Kier molecular flexibility index (Phi) is 4.80. The second kappa shape index (κ2) is 6.41. The molecular weight excluding hydrogens is 262 g/mol. The number of nitrogens with zero attached hydrogens (tertiary/aromatic N) is 2. The van der Waals surface area contributed by atoms with Crippen molar-refractivity contribution in [2.24, 2.45) is 5.73 Å². The highest BCUT2D eigenvalue weighted by Gasteiger charge is 2.37. The average Bonchev–Trinajstić information content (AvgIpc) is 2.85. The molecule has 21 heavy (non-hydrogen) atoms. The molecule has 0 aliphatic heterocycles.